The summed E-state index contributed by atoms with van der Waals surface area (Å²) in [5.41, 5.74) is 2.55. The van der Waals surface area contributed by atoms with Gasteiger partial charge < -0.3 is 19.6 Å². The maximum Gasteiger partial charge on any atom is 0.246 e. The first-order valence-corrected chi connectivity index (χ1v) is 14.0. The van der Waals surface area contributed by atoms with Crippen LogP contribution in [-0.2, 0) is 4.79 Å². The number of anilines is 2. The number of hydrogen-bond donors (Lipinski definition) is 1. The number of likely N-dealkylation sites (N-methyl/N-ethyl adjacent to an activating group) is 1. The second kappa shape index (κ2) is 10.3. The molecule has 0 aliphatic carbocycles. The number of carbonyl (C=O) groups excluding carboxylic acids is 1. The summed E-state index contributed by atoms with van der Waals surface area (Å²) in [7, 11) is 1.57. The quantitative estimate of drug-likeness (QED) is 0.345. The minimum atomic E-state index is -2.23. The van der Waals surface area contributed by atoms with Gasteiger partial charge in [-0.15, -0.1) is 0 Å². The van der Waals surface area contributed by atoms with Crippen molar-refractivity contribution in [3.8, 4) is 11.1 Å². The average Bonchev–Trinajstić information content (AvgIpc) is 3.42. The number of benzene rings is 2. The van der Waals surface area contributed by atoms with Crippen LogP contribution in [-0.4, -0.2) is 94.2 Å². The van der Waals surface area contributed by atoms with E-state index < -0.39 is 12.8 Å². The Bertz CT molecular complexity index is 1790. The Kier molecular flexibility index (Phi) is 5.98. The highest BCUT2D eigenvalue weighted by Crippen LogP contribution is 2.43. The number of aromatic amines is 1. The standard InChI is InChI=1S/C30H34ClFN8O/c1-7-24(41)39-12-18(4)40(13-17(39)3)29-20-10-22(31)26(25-16(2)8-9-23-21(25)11-33-36-23)27(32)28(20)34-30(35-29)38-14-19(15-38)37(5)6/h7-11,17-19H,1,12-15H2,2-6H3,(H,33,36)/t17-,18+/m1/s1/i5D3. The summed E-state index contributed by atoms with van der Waals surface area (Å²) < 4.78 is 40.2. The topological polar surface area (TPSA) is 84.5 Å². The SMILES string of the molecule is [2H]C([2H])([2H])N(C)C1CN(c2nc(N3C[C@@H](C)N(C(=O)C=C)C[C@@H]3C)c3cc(Cl)c(-c4c(C)ccc5[nH]ncc45)c(F)c3n2)C1. The Labute approximate surface area is 247 Å². The molecule has 0 radical (unpaired) electrons. The molecule has 9 nitrogen and oxygen atoms in total. The highest BCUT2D eigenvalue weighted by Gasteiger charge is 2.36. The van der Waals surface area contributed by atoms with Gasteiger partial charge in [0.1, 0.15) is 11.3 Å². The van der Waals surface area contributed by atoms with Crippen LogP contribution in [0.3, 0.4) is 0 Å². The van der Waals surface area contributed by atoms with E-state index in [1.807, 2.05) is 37.8 Å². The smallest absolute Gasteiger partial charge is 0.246 e. The molecule has 2 aliphatic rings. The Hall–Kier alpha value is -3.76. The molecule has 0 unspecified atom stereocenters. The molecule has 41 heavy (non-hydrogen) atoms. The maximum atomic E-state index is 16.9. The first-order chi connectivity index (χ1) is 20.8. The fourth-order valence-electron chi connectivity index (χ4n) is 5.93. The van der Waals surface area contributed by atoms with Crippen molar-refractivity contribution in [3.63, 3.8) is 0 Å². The normalized spacial score (nSPS) is 21.2. The van der Waals surface area contributed by atoms with Crippen molar-refractivity contribution in [2.45, 2.75) is 38.9 Å². The molecule has 4 aromatic rings. The van der Waals surface area contributed by atoms with Crippen LogP contribution in [0.2, 0.25) is 5.02 Å². The highest BCUT2D eigenvalue weighted by molar-refractivity contribution is 6.35. The summed E-state index contributed by atoms with van der Waals surface area (Å²) in [5.74, 6) is 0.0858. The summed E-state index contributed by atoms with van der Waals surface area (Å²) >= 11 is 6.90. The van der Waals surface area contributed by atoms with Gasteiger partial charge in [0, 0.05) is 70.3 Å². The van der Waals surface area contributed by atoms with E-state index in [2.05, 4.69) is 21.7 Å². The van der Waals surface area contributed by atoms with E-state index in [1.54, 1.807) is 24.2 Å². The van der Waals surface area contributed by atoms with E-state index in [0.29, 0.717) is 48.9 Å². The number of aryl methyl sites for hydroxylation is 1. The van der Waals surface area contributed by atoms with E-state index in [9.17, 15) is 4.79 Å². The molecule has 0 spiro atoms. The van der Waals surface area contributed by atoms with Crippen molar-refractivity contribution in [3.05, 3.63) is 53.5 Å². The van der Waals surface area contributed by atoms with Gasteiger partial charge in [0.05, 0.1) is 16.7 Å². The van der Waals surface area contributed by atoms with Crippen LogP contribution in [0.5, 0.6) is 0 Å². The molecule has 0 bridgehead atoms. The summed E-state index contributed by atoms with van der Waals surface area (Å²) in [6.07, 6.45) is 2.97. The second-order valence-corrected chi connectivity index (χ2v) is 11.5. The largest absolute Gasteiger partial charge is 0.349 e. The Morgan fingerprint density at radius 3 is 2.71 bits per heavy atom. The minimum Gasteiger partial charge on any atom is -0.349 e. The van der Waals surface area contributed by atoms with Crippen molar-refractivity contribution in [2.75, 3.05) is 50.0 Å². The molecule has 2 saturated heterocycles. The van der Waals surface area contributed by atoms with Crippen molar-refractivity contribution >= 4 is 51.1 Å². The van der Waals surface area contributed by atoms with Gasteiger partial charge in [-0.1, -0.05) is 24.2 Å². The van der Waals surface area contributed by atoms with Crippen LogP contribution in [0, 0.1) is 12.7 Å². The molecular weight excluding hydrogens is 543 g/mol. The minimum absolute atomic E-state index is 0.112. The zero-order valence-electron chi connectivity index (χ0n) is 26.4. The summed E-state index contributed by atoms with van der Waals surface area (Å²) in [5, 5.41) is 8.50. The predicted octanol–water partition coefficient (Wildman–Crippen LogP) is 4.64. The van der Waals surface area contributed by atoms with E-state index in [0.717, 1.165) is 16.5 Å². The number of hydrogen-bond acceptors (Lipinski definition) is 7. The van der Waals surface area contributed by atoms with Gasteiger partial charge in [0.15, 0.2) is 5.82 Å². The molecule has 214 valence electrons. The number of nitrogens with one attached hydrogen (secondary N) is 1. The van der Waals surface area contributed by atoms with Crippen LogP contribution in [0.25, 0.3) is 32.9 Å². The van der Waals surface area contributed by atoms with Crippen molar-refractivity contribution < 1.29 is 13.3 Å². The molecule has 2 aromatic heterocycles. The van der Waals surface area contributed by atoms with E-state index >= 15 is 4.39 Å². The summed E-state index contributed by atoms with van der Waals surface area (Å²) in [6.45, 7) is 8.88. The number of H-pyrrole nitrogens is 1. The third kappa shape index (κ3) is 4.49. The lowest BCUT2D eigenvalue weighted by atomic mass is 9.95. The van der Waals surface area contributed by atoms with Crippen LogP contribution < -0.4 is 9.80 Å². The lowest BCUT2D eigenvalue weighted by molar-refractivity contribution is -0.128. The first-order valence-electron chi connectivity index (χ1n) is 15.1. The van der Waals surface area contributed by atoms with Crippen LogP contribution >= 0.6 is 11.6 Å². The number of nitrogens with zero attached hydrogens (tertiary/aromatic N) is 7. The second-order valence-electron chi connectivity index (χ2n) is 11.1. The Balaban J connectivity index is 1.51. The molecule has 2 fully saturated rings. The van der Waals surface area contributed by atoms with Crippen LogP contribution in [0.15, 0.2) is 37.1 Å². The molecule has 2 aliphatic heterocycles. The molecule has 4 heterocycles. The zero-order valence-corrected chi connectivity index (χ0v) is 24.2. The third-order valence-electron chi connectivity index (χ3n) is 8.34. The number of fused-ring (bicyclic) bond motifs is 2. The zero-order chi connectivity index (χ0) is 31.7. The van der Waals surface area contributed by atoms with Crippen molar-refractivity contribution in [1.29, 1.82) is 0 Å². The Morgan fingerprint density at radius 2 is 1.98 bits per heavy atom. The molecule has 2 aromatic carbocycles. The molecule has 6 rings (SSSR count). The number of halogens is 2. The fourth-order valence-corrected chi connectivity index (χ4v) is 6.21. The number of aromatic nitrogens is 4. The number of rotatable bonds is 5. The van der Waals surface area contributed by atoms with Crippen LogP contribution in [0.4, 0.5) is 16.2 Å². The molecule has 11 heteroatoms. The highest BCUT2D eigenvalue weighted by atomic mass is 35.5. The number of piperazine rings is 1. The van der Waals surface area contributed by atoms with E-state index in [-0.39, 0.29) is 40.1 Å². The maximum absolute atomic E-state index is 16.9. The first kappa shape index (κ1) is 23.9. The van der Waals surface area contributed by atoms with E-state index in [4.69, 9.17) is 25.7 Å². The predicted molar refractivity (Wildman–Crippen MR) is 162 cm³/mol. The molecule has 1 amide bonds. The monoisotopic (exact) mass is 579 g/mol. The van der Waals surface area contributed by atoms with Gasteiger partial charge in [-0.05, 0) is 58.6 Å². The van der Waals surface area contributed by atoms with Crippen molar-refractivity contribution in [2.24, 2.45) is 0 Å². The van der Waals surface area contributed by atoms with Gasteiger partial charge in [-0.2, -0.15) is 10.1 Å². The van der Waals surface area contributed by atoms with Gasteiger partial charge >= 0.3 is 0 Å². The molecule has 0 saturated carbocycles. The lowest BCUT2D eigenvalue weighted by Crippen LogP contribution is -2.59. The van der Waals surface area contributed by atoms with Gasteiger partial charge in [-0.3, -0.25) is 9.89 Å². The third-order valence-corrected chi connectivity index (χ3v) is 8.64. The summed E-state index contributed by atoms with van der Waals surface area (Å²) in [6, 6.07) is 4.95. The average molecular weight is 580 g/mol. The fraction of sp³-hybridized carbons (Fsp3) is 0.400. The molecule has 1 N–H and O–H groups in total. The van der Waals surface area contributed by atoms with Crippen LogP contribution in [0.1, 0.15) is 23.5 Å². The van der Waals surface area contributed by atoms with Gasteiger partial charge in [0.25, 0.3) is 0 Å². The number of carbonyl (C=O) groups is 1. The summed E-state index contributed by atoms with van der Waals surface area (Å²) in [4.78, 5) is 29.2. The van der Waals surface area contributed by atoms with E-state index in [1.165, 1.54) is 11.0 Å². The molecular formula is C30H34ClFN8O. The van der Waals surface area contributed by atoms with Gasteiger partial charge in [-0.25, -0.2) is 9.37 Å². The lowest BCUT2D eigenvalue weighted by Gasteiger charge is -2.45. The Morgan fingerprint density at radius 1 is 1.20 bits per heavy atom. The number of amides is 1. The molecule has 2 atom stereocenters. The van der Waals surface area contributed by atoms with Crippen molar-refractivity contribution in [1.82, 2.24) is 30.0 Å². The van der Waals surface area contributed by atoms with Gasteiger partial charge in [0.2, 0.25) is 11.9 Å².